The molecular weight excluding hydrogens is 234 g/mol. The molecule has 0 bridgehead atoms. The number of nitrogens with zero attached hydrogens (tertiary/aromatic N) is 2. The summed E-state index contributed by atoms with van der Waals surface area (Å²) < 4.78 is 0. The van der Waals surface area contributed by atoms with Crippen LogP contribution in [0.5, 0.6) is 0 Å². The van der Waals surface area contributed by atoms with Crippen LogP contribution in [0, 0.1) is 6.92 Å². The summed E-state index contributed by atoms with van der Waals surface area (Å²) in [5, 5.41) is 2.36. The van der Waals surface area contributed by atoms with E-state index in [1.807, 2.05) is 37.3 Å². The van der Waals surface area contributed by atoms with E-state index in [2.05, 4.69) is 9.97 Å². The minimum atomic E-state index is 0.488. The number of anilines is 1. The fourth-order valence-electron chi connectivity index (χ4n) is 1.98. The third kappa shape index (κ3) is 1.51. The molecule has 0 spiro atoms. The largest absolute Gasteiger partial charge is 0.383 e. The van der Waals surface area contributed by atoms with Crippen molar-refractivity contribution in [1.29, 1.82) is 0 Å². The summed E-state index contributed by atoms with van der Waals surface area (Å²) in [5.74, 6) is 0.488. The van der Waals surface area contributed by atoms with Gasteiger partial charge in [-0.3, -0.25) is 4.98 Å². The number of halogens is 1. The summed E-state index contributed by atoms with van der Waals surface area (Å²) in [6, 6.07) is 9.44. The first-order chi connectivity index (χ1) is 8.16. The highest BCUT2D eigenvalue weighted by molar-refractivity contribution is 6.37. The fraction of sp³-hybridized carbons (Fsp3) is 0.0769. The predicted octanol–water partition coefficient (Wildman–Crippen LogP) is 3.33. The number of rotatable bonds is 0. The molecule has 2 N–H and O–H groups in total. The summed E-state index contributed by atoms with van der Waals surface area (Å²) >= 11 is 6.22. The average Bonchev–Trinajstić information content (AvgIpc) is 2.28. The van der Waals surface area contributed by atoms with Crippen LogP contribution in [0.3, 0.4) is 0 Å². The van der Waals surface area contributed by atoms with Gasteiger partial charge in [0.25, 0.3) is 0 Å². The zero-order valence-electron chi connectivity index (χ0n) is 9.24. The molecule has 0 saturated heterocycles. The van der Waals surface area contributed by atoms with E-state index in [0.29, 0.717) is 10.8 Å². The highest BCUT2D eigenvalue weighted by atomic mass is 35.5. The van der Waals surface area contributed by atoms with Gasteiger partial charge in [0.05, 0.1) is 16.1 Å². The molecule has 3 rings (SSSR count). The monoisotopic (exact) mass is 243 g/mol. The second kappa shape index (κ2) is 3.57. The lowest BCUT2D eigenvalue weighted by Gasteiger charge is -2.07. The SMILES string of the molecule is Cc1ccc2c(N)nc3cccc(Cl)c3c2n1. The maximum atomic E-state index is 6.22. The Morgan fingerprint density at radius 2 is 1.94 bits per heavy atom. The molecule has 0 atom stereocenters. The molecule has 0 saturated carbocycles. The van der Waals surface area contributed by atoms with Gasteiger partial charge >= 0.3 is 0 Å². The van der Waals surface area contributed by atoms with E-state index in [1.165, 1.54) is 0 Å². The first-order valence-electron chi connectivity index (χ1n) is 5.28. The lowest BCUT2D eigenvalue weighted by atomic mass is 10.1. The van der Waals surface area contributed by atoms with E-state index < -0.39 is 0 Å². The molecule has 0 aliphatic rings. The highest BCUT2D eigenvalue weighted by Gasteiger charge is 2.10. The molecule has 0 unspecified atom stereocenters. The van der Waals surface area contributed by atoms with Crippen LogP contribution in [0.25, 0.3) is 21.8 Å². The topological polar surface area (TPSA) is 51.8 Å². The van der Waals surface area contributed by atoms with Gasteiger partial charge < -0.3 is 5.73 Å². The smallest absolute Gasteiger partial charge is 0.133 e. The van der Waals surface area contributed by atoms with Gasteiger partial charge in [0.15, 0.2) is 0 Å². The van der Waals surface area contributed by atoms with Crippen LogP contribution >= 0.6 is 11.6 Å². The van der Waals surface area contributed by atoms with Crippen molar-refractivity contribution in [3.8, 4) is 0 Å². The maximum Gasteiger partial charge on any atom is 0.133 e. The van der Waals surface area contributed by atoms with Crippen molar-refractivity contribution in [2.45, 2.75) is 6.92 Å². The second-order valence-corrected chi connectivity index (χ2v) is 4.39. The average molecular weight is 244 g/mol. The molecule has 17 heavy (non-hydrogen) atoms. The molecule has 4 heteroatoms. The van der Waals surface area contributed by atoms with E-state index in [4.69, 9.17) is 17.3 Å². The van der Waals surface area contributed by atoms with Crippen molar-refractivity contribution < 1.29 is 0 Å². The van der Waals surface area contributed by atoms with E-state index in [1.54, 1.807) is 0 Å². The molecule has 84 valence electrons. The Hall–Kier alpha value is -1.87. The van der Waals surface area contributed by atoms with Gasteiger partial charge in [0.1, 0.15) is 5.82 Å². The van der Waals surface area contributed by atoms with Crippen LogP contribution in [0.1, 0.15) is 5.69 Å². The standard InChI is InChI=1S/C13H10ClN3/c1-7-5-6-8-12(16-7)11-9(14)3-2-4-10(11)17-13(8)15/h2-6H,1H3,(H2,15,17). The molecule has 3 nitrogen and oxygen atoms in total. The Labute approximate surface area is 103 Å². The van der Waals surface area contributed by atoms with E-state index in [-0.39, 0.29) is 0 Å². The zero-order valence-corrected chi connectivity index (χ0v) is 9.99. The summed E-state index contributed by atoms with van der Waals surface area (Å²) in [6.07, 6.45) is 0. The molecule has 2 heterocycles. The van der Waals surface area contributed by atoms with Gasteiger partial charge in [-0.2, -0.15) is 0 Å². The van der Waals surface area contributed by atoms with Crippen LogP contribution in [-0.4, -0.2) is 9.97 Å². The summed E-state index contributed by atoms with van der Waals surface area (Å²) in [6.45, 7) is 1.94. The number of aromatic nitrogens is 2. The van der Waals surface area contributed by atoms with Crippen molar-refractivity contribution in [2.75, 3.05) is 5.73 Å². The minimum Gasteiger partial charge on any atom is -0.383 e. The van der Waals surface area contributed by atoms with Crippen LogP contribution < -0.4 is 5.73 Å². The highest BCUT2D eigenvalue weighted by Crippen LogP contribution is 2.31. The zero-order chi connectivity index (χ0) is 12.0. The number of aryl methyl sites for hydroxylation is 1. The van der Waals surface area contributed by atoms with Crippen molar-refractivity contribution in [1.82, 2.24) is 9.97 Å². The Kier molecular flexibility index (Phi) is 2.16. The predicted molar refractivity (Wildman–Crippen MR) is 71.2 cm³/mol. The second-order valence-electron chi connectivity index (χ2n) is 3.98. The van der Waals surface area contributed by atoms with Crippen molar-refractivity contribution in [3.05, 3.63) is 41.0 Å². The van der Waals surface area contributed by atoms with E-state index >= 15 is 0 Å². The molecule has 0 radical (unpaired) electrons. The lowest BCUT2D eigenvalue weighted by molar-refractivity contribution is 1.26. The first kappa shape index (κ1) is 10.3. The van der Waals surface area contributed by atoms with Crippen molar-refractivity contribution in [2.24, 2.45) is 0 Å². The third-order valence-corrected chi connectivity index (χ3v) is 3.09. The number of nitrogen functional groups attached to an aromatic ring is 1. The Morgan fingerprint density at radius 1 is 1.12 bits per heavy atom. The summed E-state index contributed by atoms with van der Waals surface area (Å²) in [5.41, 5.74) is 8.46. The Morgan fingerprint density at radius 3 is 2.76 bits per heavy atom. The van der Waals surface area contributed by atoms with Crippen LogP contribution in [0.15, 0.2) is 30.3 Å². The van der Waals surface area contributed by atoms with Gasteiger partial charge in [-0.15, -0.1) is 0 Å². The molecule has 0 amide bonds. The van der Waals surface area contributed by atoms with Gasteiger partial charge in [0.2, 0.25) is 0 Å². The van der Waals surface area contributed by atoms with Crippen molar-refractivity contribution in [3.63, 3.8) is 0 Å². The molecular formula is C13H10ClN3. The van der Waals surface area contributed by atoms with Crippen LogP contribution in [-0.2, 0) is 0 Å². The number of hydrogen-bond acceptors (Lipinski definition) is 3. The molecule has 1 aromatic carbocycles. The number of fused-ring (bicyclic) bond motifs is 3. The first-order valence-corrected chi connectivity index (χ1v) is 5.65. The number of hydrogen-bond donors (Lipinski definition) is 1. The molecule has 0 aliphatic heterocycles. The van der Waals surface area contributed by atoms with Gasteiger partial charge in [0, 0.05) is 16.5 Å². The quantitative estimate of drug-likeness (QED) is 0.616. The number of pyridine rings is 2. The maximum absolute atomic E-state index is 6.22. The van der Waals surface area contributed by atoms with Crippen LogP contribution in [0.2, 0.25) is 5.02 Å². The minimum absolute atomic E-state index is 0.488. The normalized spacial score (nSPS) is 11.2. The molecule has 2 aromatic heterocycles. The number of nitrogens with two attached hydrogens (primary N) is 1. The van der Waals surface area contributed by atoms with Crippen molar-refractivity contribution >= 4 is 39.2 Å². The lowest BCUT2D eigenvalue weighted by Crippen LogP contribution is -1.96. The van der Waals surface area contributed by atoms with E-state index in [9.17, 15) is 0 Å². The van der Waals surface area contributed by atoms with Gasteiger partial charge in [-0.25, -0.2) is 4.98 Å². The summed E-state index contributed by atoms with van der Waals surface area (Å²) in [4.78, 5) is 8.87. The van der Waals surface area contributed by atoms with Gasteiger partial charge in [-0.05, 0) is 31.2 Å². The van der Waals surface area contributed by atoms with Crippen LogP contribution in [0.4, 0.5) is 5.82 Å². The molecule has 0 fully saturated rings. The van der Waals surface area contributed by atoms with E-state index in [0.717, 1.165) is 27.5 Å². The Balaban J connectivity index is 2.65. The third-order valence-electron chi connectivity index (χ3n) is 2.78. The molecule has 0 aliphatic carbocycles. The Bertz CT molecular complexity index is 737. The summed E-state index contributed by atoms with van der Waals surface area (Å²) in [7, 11) is 0. The number of benzene rings is 1. The molecule has 3 aromatic rings. The fourth-order valence-corrected chi connectivity index (χ4v) is 2.24. The van der Waals surface area contributed by atoms with Gasteiger partial charge in [-0.1, -0.05) is 17.7 Å².